The molecule has 4 heteroatoms. The molecule has 0 bridgehead atoms. The molecule has 0 aliphatic rings. The highest BCUT2D eigenvalue weighted by atomic mass is 16.4. The third kappa shape index (κ3) is 5.55. The zero-order chi connectivity index (χ0) is 14.4. The number of hydrogen-bond acceptors (Lipinski definition) is 2. The van der Waals surface area contributed by atoms with Crippen molar-refractivity contribution in [2.75, 3.05) is 0 Å². The summed E-state index contributed by atoms with van der Waals surface area (Å²) in [7, 11) is 0. The van der Waals surface area contributed by atoms with Crippen molar-refractivity contribution >= 4 is 11.9 Å². The topological polar surface area (TPSA) is 66.4 Å². The van der Waals surface area contributed by atoms with Crippen molar-refractivity contribution in [2.45, 2.75) is 39.7 Å². The Bertz CT molecular complexity index is 437. The smallest absolute Gasteiger partial charge is 0.312 e. The van der Waals surface area contributed by atoms with Gasteiger partial charge in [0.25, 0.3) is 0 Å². The first-order chi connectivity index (χ1) is 8.88. The lowest BCUT2D eigenvalue weighted by Crippen LogP contribution is -2.28. The Morgan fingerprint density at radius 2 is 1.74 bits per heavy atom. The maximum absolute atomic E-state index is 11.4. The first-order valence-corrected chi connectivity index (χ1v) is 6.48. The fraction of sp³-hybridized carbons (Fsp3) is 0.467. The first-order valence-electron chi connectivity index (χ1n) is 6.48. The molecule has 0 saturated heterocycles. The number of aliphatic carboxylic acids is 1. The van der Waals surface area contributed by atoms with E-state index in [0.29, 0.717) is 5.92 Å². The summed E-state index contributed by atoms with van der Waals surface area (Å²) in [5.74, 6) is -0.971. The lowest BCUT2D eigenvalue weighted by Gasteiger charge is -2.14. The van der Waals surface area contributed by atoms with Crippen LogP contribution in [0.3, 0.4) is 0 Å². The third-order valence-corrected chi connectivity index (χ3v) is 2.81. The molecular weight excluding hydrogens is 242 g/mol. The minimum absolute atomic E-state index is 0.181. The molecule has 0 heterocycles. The zero-order valence-electron chi connectivity index (χ0n) is 11.6. The number of nitrogens with one attached hydrogen (secondary N) is 1. The summed E-state index contributed by atoms with van der Waals surface area (Å²) in [6.07, 6.45) is 0.538. The number of carbonyl (C=O) groups is 2. The van der Waals surface area contributed by atoms with Crippen LogP contribution in [0.2, 0.25) is 0 Å². The minimum atomic E-state index is -1.11. The van der Waals surface area contributed by atoms with Crippen LogP contribution in [0, 0.1) is 5.92 Å². The van der Waals surface area contributed by atoms with Crippen LogP contribution >= 0.6 is 0 Å². The van der Waals surface area contributed by atoms with E-state index in [1.165, 1.54) is 5.56 Å². The molecule has 1 rings (SSSR count). The number of rotatable bonds is 6. The zero-order valence-corrected chi connectivity index (χ0v) is 11.6. The summed E-state index contributed by atoms with van der Waals surface area (Å²) in [5, 5.41) is 11.2. The molecule has 2 N–H and O–H groups in total. The van der Waals surface area contributed by atoms with Gasteiger partial charge in [-0.2, -0.15) is 0 Å². The monoisotopic (exact) mass is 263 g/mol. The summed E-state index contributed by atoms with van der Waals surface area (Å²) >= 11 is 0. The van der Waals surface area contributed by atoms with Crippen molar-refractivity contribution in [3.05, 3.63) is 35.4 Å². The Labute approximate surface area is 113 Å². The lowest BCUT2D eigenvalue weighted by atomic mass is 10.00. The molecule has 1 amide bonds. The first kappa shape index (κ1) is 15.2. The summed E-state index contributed by atoms with van der Waals surface area (Å²) in [6, 6.07) is 7.87. The molecule has 0 radical (unpaired) electrons. The standard InChI is InChI=1S/C15H21NO3/c1-10(2)8-12-4-6-13(7-5-12)11(3)16-14(17)9-15(18)19/h4-7,10-11H,8-9H2,1-3H3,(H,16,17)(H,18,19). The second kappa shape index (κ2) is 6.92. The molecule has 0 aromatic heterocycles. The Morgan fingerprint density at radius 3 is 2.21 bits per heavy atom. The number of carboxylic acids is 1. The average Bonchev–Trinajstić information content (AvgIpc) is 2.27. The van der Waals surface area contributed by atoms with Crippen LogP contribution in [-0.4, -0.2) is 17.0 Å². The molecule has 4 nitrogen and oxygen atoms in total. The van der Waals surface area contributed by atoms with Crippen molar-refractivity contribution in [3.63, 3.8) is 0 Å². The van der Waals surface area contributed by atoms with Gasteiger partial charge in [-0.25, -0.2) is 0 Å². The summed E-state index contributed by atoms with van der Waals surface area (Å²) in [5.41, 5.74) is 2.24. The molecule has 1 aromatic rings. The third-order valence-electron chi connectivity index (χ3n) is 2.81. The number of amides is 1. The summed E-state index contributed by atoms with van der Waals surface area (Å²) in [6.45, 7) is 6.18. The maximum atomic E-state index is 11.4. The van der Waals surface area contributed by atoms with Gasteiger partial charge in [-0.3, -0.25) is 9.59 Å². The van der Waals surface area contributed by atoms with Gasteiger partial charge in [-0.1, -0.05) is 38.1 Å². The Balaban J connectivity index is 2.59. The number of benzene rings is 1. The van der Waals surface area contributed by atoms with Crippen molar-refractivity contribution < 1.29 is 14.7 Å². The fourth-order valence-corrected chi connectivity index (χ4v) is 1.93. The van der Waals surface area contributed by atoms with E-state index in [1.807, 2.05) is 19.1 Å². The van der Waals surface area contributed by atoms with E-state index >= 15 is 0 Å². The van der Waals surface area contributed by atoms with Crippen LogP contribution in [0.25, 0.3) is 0 Å². The van der Waals surface area contributed by atoms with Crippen molar-refractivity contribution in [2.24, 2.45) is 5.92 Å². The van der Waals surface area contributed by atoms with Gasteiger partial charge in [-0.05, 0) is 30.4 Å². The van der Waals surface area contributed by atoms with Gasteiger partial charge >= 0.3 is 5.97 Å². The second-order valence-corrected chi connectivity index (χ2v) is 5.20. The van der Waals surface area contributed by atoms with Gasteiger partial charge < -0.3 is 10.4 Å². The molecular formula is C15H21NO3. The molecule has 0 aliphatic heterocycles. The van der Waals surface area contributed by atoms with E-state index in [2.05, 4.69) is 31.3 Å². The van der Waals surface area contributed by atoms with E-state index < -0.39 is 18.3 Å². The molecule has 1 unspecified atom stereocenters. The number of carbonyl (C=O) groups excluding carboxylic acids is 1. The fourth-order valence-electron chi connectivity index (χ4n) is 1.93. The van der Waals surface area contributed by atoms with Gasteiger partial charge in [0.2, 0.25) is 5.91 Å². The van der Waals surface area contributed by atoms with Crippen molar-refractivity contribution in [1.29, 1.82) is 0 Å². The van der Waals surface area contributed by atoms with Crippen LogP contribution in [0.1, 0.15) is 44.4 Å². The van der Waals surface area contributed by atoms with Crippen LogP contribution in [-0.2, 0) is 16.0 Å². The molecule has 0 fully saturated rings. The normalized spacial score (nSPS) is 12.2. The molecule has 19 heavy (non-hydrogen) atoms. The second-order valence-electron chi connectivity index (χ2n) is 5.20. The quantitative estimate of drug-likeness (QED) is 0.775. The van der Waals surface area contributed by atoms with Crippen LogP contribution in [0.15, 0.2) is 24.3 Å². The Hall–Kier alpha value is -1.84. The predicted molar refractivity (Wildman–Crippen MR) is 73.8 cm³/mol. The minimum Gasteiger partial charge on any atom is -0.481 e. The molecule has 104 valence electrons. The van der Waals surface area contributed by atoms with Crippen molar-refractivity contribution in [3.8, 4) is 0 Å². The highest BCUT2D eigenvalue weighted by molar-refractivity contribution is 5.93. The molecule has 0 aliphatic carbocycles. The molecule has 1 aromatic carbocycles. The van der Waals surface area contributed by atoms with Gasteiger partial charge in [-0.15, -0.1) is 0 Å². The van der Waals surface area contributed by atoms with E-state index in [0.717, 1.165) is 12.0 Å². The van der Waals surface area contributed by atoms with Gasteiger partial charge in [0.05, 0.1) is 6.04 Å². The highest BCUT2D eigenvalue weighted by Crippen LogP contribution is 2.15. The van der Waals surface area contributed by atoms with Crippen LogP contribution < -0.4 is 5.32 Å². The van der Waals surface area contributed by atoms with E-state index in [4.69, 9.17) is 5.11 Å². The maximum Gasteiger partial charge on any atom is 0.312 e. The van der Waals surface area contributed by atoms with Gasteiger partial charge in [0.15, 0.2) is 0 Å². The van der Waals surface area contributed by atoms with E-state index in [1.54, 1.807) is 0 Å². The largest absolute Gasteiger partial charge is 0.481 e. The highest BCUT2D eigenvalue weighted by Gasteiger charge is 2.12. The van der Waals surface area contributed by atoms with Gasteiger partial charge in [0.1, 0.15) is 6.42 Å². The van der Waals surface area contributed by atoms with Crippen molar-refractivity contribution in [1.82, 2.24) is 5.32 Å². The van der Waals surface area contributed by atoms with E-state index in [-0.39, 0.29) is 6.04 Å². The predicted octanol–water partition coefficient (Wildman–Crippen LogP) is 2.54. The van der Waals surface area contributed by atoms with Crippen LogP contribution in [0.5, 0.6) is 0 Å². The van der Waals surface area contributed by atoms with Crippen LogP contribution in [0.4, 0.5) is 0 Å². The molecule has 0 saturated carbocycles. The Kier molecular flexibility index (Phi) is 5.55. The van der Waals surface area contributed by atoms with Gasteiger partial charge in [0, 0.05) is 0 Å². The molecule has 0 spiro atoms. The average molecular weight is 263 g/mol. The SMILES string of the molecule is CC(C)Cc1ccc(C(C)NC(=O)CC(=O)O)cc1. The summed E-state index contributed by atoms with van der Waals surface area (Å²) < 4.78 is 0. The van der Waals surface area contributed by atoms with E-state index in [9.17, 15) is 9.59 Å². The Morgan fingerprint density at radius 1 is 1.16 bits per heavy atom. The number of carboxylic acid groups (broad SMARTS) is 1. The summed E-state index contributed by atoms with van der Waals surface area (Å²) in [4.78, 5) is 21.8. The number of hydrogen-bond donors (Lipinski definition) is 2. The lowest BCUT2D eigenvalue weighted by molar-refractivity contribution is -0.140. The molecule has 1 atom stereocenters.